The Morgan fingerprint density at radius 2 is 1.94 bits per heavy atom. The monoisotopic (exact) mass is 239 g/mol. The molecule has 0 saturated carbocycles. The molecule has 0 aromatic heterocycles. The van der Waals surface area contributed by atoms with Gasteiger partial charge in [0.25, 0.3) is 0 Å². The third-order valence-corrected chi connectivity index (χ3v) is 4.35. The van der Waals surface area contributed by atoms with Crippen LogP contribution in [0.3, 0.4) is 0 Å². The van der Waals surface area contributed by atoms with E-state index >= 15 is 0 Å². The second-order valence-electron chi connectivity index (χ2n) is 5.63. The Kier molecular flexibility index (Phi) is 4.05. The normalized spacial score (nSPS) is 32.2. The van der Waals surface area contributed by atoms with Crippen LogP contribution < -0.4 is 10.6 Å². The number of hydrogen-bond donors (Lipinski definition) is 2. The number of carbonyl (C=O) groups excluding carboxylic acids is 1. The van der Waals surface area contributed by atoms with Gasteiger partial charge >= 0.3 is 0 Å². The number of amides is 1. The minimum Gasteiger partial charge on any atom is -0.352 e. The van der Waals surface area contributed by atoms with Crippen LogP contribution in [0.4, 0.5) is 0 Å². The van der Waals surface area contributed by atoms with E-state index in [1.807, 2.05) is 6.92 Å². The van der Waals surface area contributed by atoms with E-state index in [4.69, 9.17) is 0 Å². The van der Waals surface area contributed by atoms with Crippen LogP contribution in [0.2, 0.25) is 0 Å². The number of nitrogens with zero attached hydrogens (tertiary/aromatic N) is 1. The maximum absolute atomic E-state index is 12.1. The fourth-order valence-corrected chi connectivity index (χ4v) is 2.84. The summed E-state index contributed by atoms with van der Waals surface area (Å²) in [6.45, 7) is 10.6. The molecule has 0 spiro atoms. The van der Waals surface area contributed by atoms with Gasteiger partial charge in [-0.15, -0.1) is 0 Å². The van der Waals surface area contributed by atoms with Gasteiger partial charge < -0.3 is 10.6 Å². The van der Waals surface area contributed by atoms with Crippen molar-refractivity contribution in [3.63, 3.8) is 0 Å². The zero-order chi connectivity index (χ0) is 12.4. The lowest BCUT2D eigenvalue weighted by atomic mass is 10.0. The number of nitrogens with one attached hydrogen (secondary N) is 2. The summed E-state index contributed by atoms with van der Waals surface area (Å²) in [5.74, 6) is 1.70. The highest BCUT2D eigenvalue weighted by Gasteiger charge is 2.39. The third kappa shape index (κ3) is 2.80. The van der Waals surface area contributed by atoms with Crippen molar-refractivity contribution in [3.05, 3.63) is 0 Å². The fourth-order valence-electron chi connectivity index (χ4n) is 2.84. The molecule has 0 bridgehead atoms. The van der Waals surface area contributed by atoms with Gasteiger partial charge in [-0.3, -0.25) is 9.69 Å². The second kappa shape index (κ2) is 5.36. The Morgan fingerprint density at radius 1 is 1.35 bits per heavy atom. The molecule has 4 atom stereocenters. The smallest absolute Gasteiger partial charge is 0.237 e. The van der Waals surface area contributed by atoms with Crippen molar-refractivity contribution >= 4 is 5.91 Å². The van der Waals surface area contributed by atoms with Gasteiger partial charge in [0.15, 0.2) is 0 Å². The van der Waals surface area contributed by atoms with Crippen LogP contribution in [-0.4, -0.2) is 49.1 Å². The van der Waals surface area contributed by atoms with Crippen molar-refractivity contribution in [2.75, 3.05) is 26.2 Å². The summed E-state index contributed by atoms with van der Waals surface area (Å²) in [7, 11) is 0. The molecule has 2 heterocycles. The van der Waals surface area contributed by atoms with E-state index in [0.717, 1.165) is 44.4 Å². The highest BCUT2D eigenvalue weighted by Crippen LogP contribution is 2.27. The molecule has 2 rings (SSSR count). The molecule has 1 amide bonds. The van der Waals surface area contributed by atoms with Gasteiger partial charge in [-0.25, -0.2) is 0 Å². The van der Waals surface area contributed by atoms with Crippen molar-refractivity contribution in [3.8, 4) is 0 Å². The van der Waals surface area contributed by atoms with Gasteiger partial charge in [-0.05, 0) is 45.2 Å². The van der Waals surface area contributed by atoms with E-state index in [2.05, 4.69) is 29.4 Å². The Labute approximate surface area is 104 Å². The average Bonchev–Trinajstić information content (AvgIpc) is 2.87. The van der Waals surface area contributed by atoms with E-state index in [0.29, 0.717) is 0 Å². The number of carbonyl (C=O) groups is 1. The number of hydrogen-bond acceptors (Lipinski definition) is 3. The first kappa shape index (κ1) is 12.8. The first-order valence-corrected chi connectivity index (χ1v) is 6.87. The quantitative estimate of drug-likeness (QED) is 0.748. The molecular formula is C13H25N3O. The van der Waals surface area contributed by atoms with Gasteiger partial charge in [-0.2, -0.15) is 0 Å². The van der Waals surface area contributed by atoms with Gasteiger partial charge in [0.05, 0.1) is 6.04 Å². The predicted octanol–water partition coefficient (Wildman–Crippen LogP) is 0.441. The SMILES string of the molecule is CCC(C)NC(=O)C(C)N1C[C@H]2CNC[C@H]2C1. The van der Waals surface area contributed by atoms with Gasteiger partial charge in [0.2, 0.25) is 5.91 Å². The summed E-state index contributed by atoms with van der Waals surface area (Å²) in [5, 5.41) is 6.50. The molecule has 98 valence electrons. The van der Waals surface area contributed by atoms with Gasteiger partial charge in [0, 0.05) is 19.1 Å². The maximum Gasteiger partial charge on any atom is 0.237 e. The summed E-state index contributed by atoms with van der Waals surface area (Å²) >= 11 is 0. The van der Waals surface area contributed by atoms with Crippen LogP contribution in [0.15, 0.2) is 0 Å². The minimum absolute atomic E-state index is 0.0228. The largest absolute Gasteiger partial charge is 0.352 e. The summed E-state index contributed by atoms with van der Waals surface area (Å²) in [6, 6.07) is 0.309. The van der Waals surface area contributed by atoms with Crippen LogP contribution >= 0.6 is 0 Å². The highest BCUT2D eigenvalue weighted by atomic mass is 16.2. The van der Waals surface area contributed by atoms with Crippen molar-refractivity contribution < 1.29 is 4.79 Å². The zero-order valence-corrected chi connectivity index (χ0v) is 11.2. The van der Waals surface area contributed by atoms with Crippen molar-refractivity contribution in [1.29, 1.82) is 0 Å². The van der Waals surface area contributed by atoms with Crippen molar-refractivity contribution in [1.82, 2.24) is 15.5 Å². The Hall–Kier alpha value is -0.610. The lowest BCUT2D eigenvalue weighted by Crippen LogP contribution is -2.47. The molecule has 0 aliphatic carbocycles. The number of fused-ring (bicyclic) bond motifs is 1. The molecule has 2 N–H and O–H groups in total. The van der Waals surface area contributed by atoms with Gasteiger partial charge in [-0.1, -0.05) is 6.92 Å². The molecule has 2 unspecified atom stereocenters. The Balaban J connectivity index is 1.84. The van der Waals surface area contributed by atoms with E-state index < -0.39 is 0 Å². The fraction of sp³-hybridized carbons (Fsp3) is 0.923. The molecule has 2 saturated heterocycles. The molecular weight excluding hydrogens is 214 g/mol. The summed E-state index contributed by atoms with van der Waals surface area (Å²) in [5.41, 5.74) is 0. The molecule has 2 aliphatic rings. The maximum atomic E-state index is 12.1. The first-order valence-electron chi connectivity index (χ1n) is 6.87. The Morgan fingerprint density at radius 3 is 2.47 bits per heavy atom. The van der Waals surface area contributed by atoms with Crippen molar-refractivity contribution in [2.45, 2.75) is 39.3 Å². The highest BCUT2D eigenvalue weighted by molar-refractivity contribution is 5.81. The van der Waals surface area contributed by atoms with Crippen LogP contribution in [-0.2, 0) is 4.79 Å². The number of likely N-dealkylation sites (tertiary alicyclic amines) is 1. The lowest BCUT2D eigenvalue weighted by Gasteiger charge is -2.25. The number of rotatable bonds is 4. The van der Waals surface area contributed by atoms with Crippen LogP contribution in [0.25, 0.3) is 0 Å². The van der Waals surface area contributed by atoms with E-state index in [9.17, 15) is 4.79 Å². The predicted molar refractivity (Wildman–Crippen MR) is 68.8 cm³/mol. The standard InChI is InChI=1S/C13H25N3O/c1-4-9(2)15-13(17)10(3)16-7-11-5-14-6-12(11)8-16/h9-12,14H,4-8H2,1-3H3,(H,15,17)/t9?,10?,11-,12+. The van der Waals surface area contributed by atoms with E-state index in [-0.39, 0.29) is 18.0 Å². The van der Waals surface area contributed by atoms with E-state index in [1.54, 1.807) is 0 Å². The molecule has 0 aromatic rings. The van der Waals surface area contributed by atoms with Crippen LogP contribution in [0.1, 0.15) is 27.2 Å². The summed E-state index contributed by atoms with van der Waals surface area (Å²) in [6.07, 6.45) is 0.994. The molecule has 2 aliphatic heterocycles. The summed E-state index contributed by atoms with van der Waals surface area (Å²) in [4.78, 5) is 14.4. The first-order chi connectivity index (χ1) is 8.11. The topological polar surface area (TPSA) is 44.4 Å². The molecule has 4 nitrogen and oxygen atoms in total. The molecule has 17 heavy (non-hydrogen) atoms. The van der Waals surface area contributed by atoms with Gasteiger partial charge in [0.1, 0.15) is 0 Å². The molecule has 2 fully saturated rings. The third-order valence-electron chi connectivity index (χ3n) is 4.35. The average molecular weight is 239 g/mol. The van der Waals surface area contributed by atoms with E-state index in [1.165, 1.54) is 0 Å². The Bertz CT molecular complexity index is 270. The van der Waals surface area contributed by atoms with Crippen LogP contribution in [0.5, 0.6) is 0 Å². The van der Waals surface area contributed by atoms with Crippen LogP contribution in [0, 0.1) is 11.8 Å². The molecule has 0 aromatic carbocycles. The molecule has 0 radical (unpaired) electrons. The molecule has 4 heteroatoms. The lowest BCUT2D eigenvalue weighted by molar-refractivity contribution is -0.126. The zero-order valence-electron chi connectivity index (χ0n) is 11.2. The summed E-state index contributed by atoms with van der Waals surface area (Å²) < 4.78 is 0. The van der Waals surface area contributed by atoms with Crippen molar-refractivity contribution in [2.24, 2.45) is 11.8 Å². The second-order valence-corrected chi connectivity index (χ2v) is 5.63. The minimum atomic E-state index is 0.0228.